The summed E-state index contributed by atoms with van der Waals surface area (Å²) in [5.74, 6) is -1.53. The highest BCUT2D eigenvalue weighted by Gasteiger charge is 2.36. The van der Waals surface area contributed by atoms with Gasteiger partial charge in [-0.15, -0.1) is 0 Å². The quantitative estimate of drug-likeness (QED) is 0.575. The maximum Gasteiger partial charge on any atom is 0.330 e. The Morgan fingerprint density at radius 3 is 2.14 bits per heavy atom. The molecule has 2 fully saturated rings. The summed E-state index contributed by atoms with van der Waals surface area (Å²) in [6, 6.07) is 1.33. The molecule has 2 aliphatic rings. The van der Waals surface area contributed by atoms with Crippen molar-refractivity contribution in [1.82, 2.24) is 19.1 Å². The fourth-order valence-electron chi connectivity index (χ4n) is 3.63. The molecule has 12 nitrogen and oxygen atoms in total. The lowest BCUT2D eigenvalue weighted by molar-refractivity contribution is -0.148. The number of nitrogens with one attached hydrogen (secondary N) is 2. The zero-order valence-electron chi connectivity index (χ0n) is 22.3. The van der Waals surface area contributed by atoms with Crippen LogP contribution in [0.15, 0.2) is 37.6 Å². The van der Waals surface area contributed by atoms with E-state index in [1.54, 1.807) is 6.92 Å². The van der Waals surface area contributed by atoms with Gasteiger partial charge < -0.3 is 14.2 Å². The second-order valence-electron chi connectivity index (χ2n) is 7.82. The number of ether oxygens (including phenoxy) is 3. The van der Waals surface area contributed by atoms with E-state index in [9.17, 15) is 28.4 Å². The van der Waals surface area contributed by atoms with Crippen LogP contribution in [-0.2, 0) is 19.0 Å². The lowest BCUT2D eigenvalue weighted by Gasteiger charge is -2.13. The van der Waals surface area contributed by atoms with E-state index in [1.807, 2.05) is 39.6 Å². The molecule has 4 rings (SSSR count). The first kappa shape index (κ1) is 31.7. The van der Waals surface area contributed by atoms with Crippen molar-refractivity contribution in [3.8, 4) is 0 Å². The second-order valence-corrected chi connectivity index (χ2v) is 7.82. The smallest absolute Gasteiger partial charge is 0.330 e. The molecule has 0 bridgehead atoms. The van der Waals surface area contributed by atoms with Crippen LogP contribution in [0, 0.1) is 5.82 Å². The number of hydrogen-bond acceptors (Lipinski definition) is 8. The molecule has 0 aromatic carbocycles. The molecule has 0 radical (unpaired) electrons. The van der Waals surface area contributed by atoms with Gasteiger partial charge in [0.15, 0.2) is 0 Å². The average Bonchev–Trinajstić information content (AvgIpc) is 3.44. The van der Waals surface area contributed by atoms with Gasteiger partial charge in [-0.25, -0.2) is 9.59 Å². The molecule has 5 unspecified atom stereocenters. The number of carbonyl (C=O) groups is 1. The number of hydrogen-bond donors (Lipinski definition) is 2. The van der Waals surface area contributed by atoms with Crippen LogP contribution in [0.4, 0.5) is 4.39 Å². The van der Waals surface area contributed by atoms with Crippen LogP contribution < -0.4 is 22.5 Å². The molecule has 0 saturated carbocycles. The van der Waals surface area contributed by atoms with Crippen molar-refractivity contribution in [2.24, 2.45) is 0 Å². The maximum atomic E-state index is 13.2. The van der Waals surface area contributed by atoms with E-state index < -0.39 is 47.2 Å². The summed E-state index contributed by atoms with van der Waals surface area (Å²) in [4.78, 5) is 59.6. The summed E-state index contributed by atoms with van der Waals surface area (Å²) in [6.45, 7) is 12.9. The molecule has 37 heavy (non-hydrogen) atoms. The molecule has 2 aromatic heterocycles. The molecule has 5 atom stereocenters. The lowest BCUT2D eigenvalue weighted by atomic mass is 10.2. The first-order chi connectivity index (χ1) is 17.5. The SMILES string of the molecule is CC.CC.CC(=O)OC1CC(n2cc(F)c(=O)[nH]c2=O)OC1C.CC1CCC(n2ccc(=O)[nH]c2=O)O1. The Balaban J connectivity index is 0.000000337. The molecular formula is C24H37FN4O8. The van der Waals surface area contributed by atoms with Crippen LogP contribution in [-0.4, -0.2) is 43.4 Å². The summed E-state index contributed by atoms with van der Waals surface area (Å²) >= 11 is 0. The van der Waals surface area contributed by atoms with Crippen molar-refractivity contribution >= 4 is 5.97 Å². The molecule has 2 aliphatic heterocycles. The Bertz CT molecular complexity index is 1230. The Kier molecular flexibility index (Phi) is 12.9. The van der Waals surface area contributed by atoms with Crippen LogP contribution in [0.25, 0.3) is 0 Å². The zero-order chi connectivity index (χ0) is 28.3. The highest BCUT2D eigenvalue weighted by Crippen LogP contribution is 2.29. The van der Waals surface area contributed by atoms with Gasteiger partial charge in [0.1, 0.15) is 18.6 Å². The third-order valence-corrected chi connectivity index (χ3v) is 5.25. The van der Waals surface area contributed by atoms with Gasteiger partial charge in [0.05, 0.1) is 18.4 Å². The van der Waals surface area contributed by atoms with E-state index in [1.165, 1.54) is 23.8 Å². The van der Waals surface area contributed by atoms with E-state index in [-0.39, 0.29) is 24.3 Å². The molecule has 0 amide bonds. The van der Waals surface area contributed by atoms with Crippen LogP contribution in [0.3, 0.4) is 0 Å². The van der Waals surface area contributed by atoms with Crippen LogP contribution in [0.2, 0.25) is 0 Å². The highest BCUT2D eigenvalue weighted by molar-refractivity contribution is 5.66. The number of halogens is 1. The first-order valence-electron chi connectivity index (χ1n) is 12.4. The van der Waals surface area contributed by atoms with Gasteiger partial charge in [-0.3, -0.25) is 33.5 Å². The molecule has 208 valence electrons. The predicted octanol–water partition coefficient (Wildman–Crippen LogP) is 2.20. The Hall–Kier alpha value is -3.32. The fraction of sp³-hybridized carbons (Fsp3) is 0.625. The standard InChI is InChI=1S/C11H13FN2O5.C9H12N2O3.2C2H6/c1-5-8(19-6(2)15)3-9(18-5)14-4-7(12)10(16)13-11(14)17;1-6-2-3-8(14-6)11-5-4-7(12)10-9(11)13;2*1-2/h4-5,8-9H,3H2,1-2H3,(H,13,16,17);4-6,8H,2-3H2,1H3,(H,10,12,13);2*1-2H3. The summed E-state index contributed by atoms with van der Waals surface area (Å²) in [5.41, 5.74) is -2.63. The van der Waals surface area contributed by atoms with E-state index in [4.69, 9.17) is 14.2 Å². The minimum absolute atomic E-state index is 0.179. The summed E-state index contributed by atoms with van der Waals surface area (Å²) in [7, 11) is 0. The highest BCUT2D eigenvalue weighted by atomic mass is 19.1. The Morgan fingerprint density at radius 2 is 1.59 bits per heavy atom. The topological polar surface area (TPSA) is 154 Å². The molecular weight excluding hydrogens is 491 g/mol. The average molecular weight is 529 g/mol. The number of H-pyrrole nitrogens is 2. The third-order valence-electron chi connectivity index (χ3n) is 5.25. The monoisotopic (exact) mass is 528 g/mol. The van der Waals surface area contributed by atoms with Crippen molar-refractivity contribution in [3.63, 3.8) is 0 Å². The molecule has 2 aromatic rings. The van der Waals surface area contributed by atoms with Gasteiger partial charge in [0.25, 0.3) is 11.1 Å². The Morgan fingerprint density at radius 1 is 0.973 bits per heavy atom. The van der Waals surface area contributed by atoms with Gasteiger partial charge in [0, 0.05) is 25.6 Å². The molecule has 0 aliphatic carbocycles. The summed E-state index contributed by atoms with van der Waals surface area (Å²) in [5, 5.41) is 0. The van der Waals surface area contributed by atoms with Gasteiger partial charge in [-0.2, -0.15) is 4.39 Å². The zero-order valence-corrected chi connectivity index (χ0v) is 22.3. The Labute approximate surface area is 213 Å². The van der Waals surface area contributed by atoms with Crippen molar-refractivity contribution in [2.75, 3.05) is 0 Å². The minimum Gasteiger partial charge on any atom is -0.460 e. The summed E-state index contributed by atoms with van der Waals surface area (Å²) < 4.78 is 31.5. The van der Waals surface area contributed by atoms with Crippen LogP contribution in [0.5, 0.6) is 0 Å². The van der Waals surface area contributed by atoms with E-state index >= 15 is 0 Å². The van der Waals surface area contributed by atoms with Crippen molar-refractivity contribution in [3.05, 3.63) is 66.0 Å². The molecule has 13 heteroatoms. The first-order valence-corrected chi connectivity index (χ1v) is 12.4. The number of aromatic amines is 2. The second kappa shape index (κ2) is 15.1. The molecule has 2 N–H and O–H groups in total. The van der Waals surface area contributed by atoms with E-state index in [0.717, 1.165) is 23.6 Å². The number of rotatable bonds is 3. The van der Waals surface area contributed by atoms with Crippen molar-refractivity contribution < 1.29 is 23.4 Å². The minimum atomic E-state index is -1.08. The third kappa shape index (κ3) is 8.93. The van der Waals surface area contributed by atoms with Crippen molar-refractivity contribution in [1.29, 1.82) is 0 Å². The van der Waals surface area contributed by atoms with E-state index in [0.29, 0.717) is 0 Å². The summed E-state index contributed by atoms with van der Waals surface area (Å²) in [6.07, 6.45) is 2.47. The molecule has 2 saturated heterocycles. The number of esters is 1. The molecule has 0 spiro atoms. The van der Waals surface area contributed by atoms with Gasteiger partial charge in [0.2, 0.25) is 5.82 Å². The van der Waals surface area contributed by atoms with Gasteiger partial charge >= 0.3 is 17.3 Å². The fourth-order valence-corrected chi connectivity index (χ4v) is 3.63. The van der Waals surface area contributed by atoms with Crippen LogP contribution in [0.1, 0.15) is 80.2 Å². The van der Waals surface area contributed by atoms with Crippen LogP contribution >= 0.6 is 0 Å². The normalized spacial score (nSPS) is 23.9. The van der Waals surface area contributed by atoms with Gasteiger partial charge in [-0.05, 0) is 26.7 Å². The molecule has 4 heterocycles. The maximum absolute atomic E-state index is 13.2. The predicted molar refractivity (Wildman–Crippen MR) is 134 cm³/mol. The van der Waals surface area contributed by atoms with Gasteiger partial charge in [-0.1, -0.05) is 27.7 Å². The van der Waals surface area contributed by atoms with Crippen molar-refractivity contribution in [2.45, 2.75) is 98.5 Å². The number of aromatic nitrogens is 4. The number of nitrogens with zero attached hydrogens (tertiary/aromatic N) is 2. The van der Waals surface area contributed by atoms with E-state index in [2.05, 4.69) is 4.98 Å². The lowest BCUT2D eigenvalue weighted by Crippen LogP contribution is -2.33. The largest absolute Gasteiger partial charge is 0.460 e. The number of carbonyl (C=O) groups excluding carboxylic acids is 1.